The summed E-state index contributed by atoms with van der Waals surface area (Å²) in [5.74, 6) is 1.06. The summed E-state index contributed by atoms with van der Waals surface area (Å²) in [7, 11) is 0. The molecule has 0 aromatic heterocycles. The molecule has 0 N–H and O–H groups in total. The minimum Gasteiger partial charge on any atom is -0.492 e. The first kappa shape index (κ1) is 16.1. The van der Waals surface area contributed by atoms with Gasteiger partial charge in [0.25, 0.3) is 0 Å². The van der Waals surface area contributed by atoms with Crippen LogP contribution in [0.5, 0.6) is 5.75 Å². The fourth-order valence-electron chi connectivity index (χ4n) is 3.26. The highest BCUT2D eigenvalue weighted by atomic mass is 16.5. The van der Waals surface area contributed by atoms with Crippen molar-refractivity contribution in [3.05, 3.63) is 65.2 Å². The van der Waals surface area contributed by atoms with E-state index in [1.807, 2.05) is 0 Å². The van der Waals surface area contributed by atoms with Crippen molar-refractivity contribution in [2.45, 2.75) is 32.6 Å². The normalized spacial score (nSPS) is 15.0. The molecule has 23 heavy (non-hydrogen) atoms. The van der Waals surface area contributed by atoms with E-state index in [9.17, 15) is 0 Å². The topological polar surface area (TPSA) is 12.5 Å². The van der Waals surface area contributed by atoms with E-state index in [2.05, 4.69) is 60.4 Å². The van der Waals surface area contributed by atoms with Gasteiger partial charge >= 0.3 is 0 Å². The Labute approximate surface area is 140 Å². The molecule has 2 aromatic rings. The lowest BCUT2D eigenvalue weighted by molar-refractivity contribution is 0.236. The highest BCUT2D eigenvalue weighted by Crippen LogP contribution is 2.22. The Balaban J connectivity index is 1.58. The van der Waals surface area contributed by atoms with E-state index in [0.29, 0.717) is 0 Å². The molecule has 0 amide bonds. The quantitative estimate of drug-likeness (QED) is 0.758. The number of likely N-dealkylation sites (tertiary alicyclic amines) is 1. The number of hydrogen-bond acceptors (Lipinski definition) is 2. The van der Waals surface area contributed by atoms with Gasteiger partial charge in [-0.1, -0.05) is 48.0 Å². The third kappa shape index (κ3) is 4.84. The van der Waals surface area contributed by atoms with Crippen LogP contribution in [0, 0.1) is 6.92 Å². The summed E-state index contributed by atoms with van der Waals surface area (Å²) in [4.78, 5) is 2.50. The second-order valence-electron chi connectivity index (χ2n) is 6.49. The van der Waals surface area contributed by atoms with Gasteiger partial charge in [-0.3, -0.25) is 4.90 Å². The molecular formula is C21H27NO. The fraction of sp³-hybridized carbons (Fsp3) is 0.429. The number of benzene rings is 2. The number of aryl methyl sites for hydroxylation is 3. The van der Waals surface area contributed by atoms with Crippen LogP contribution in [0.15, 0.2) is 48.5 Å². The van der Waals surface area contributed by atoms with E-state index in [4.69, 9.17) is 4.74 Å². The molecule has 2 heteroatoms. The van der Waals surface area contributed by atoms with E-state index in [-0.39, 0.29) is 0 Å². The lowest BCUT2D eigenvalue weighted by atomic mass is 10.0. The molecule has 0 aliphatic carbocycles. The van der Waals surface area contributed by atoms with Crippen molar-refractivity contribution in [2.24, 2.45) is 0 Å². The van der Waals surface area contributed by atoms with Crippen molar-refractivity contribution in [1.29, 1.82) is 0 Å². The van der Waals surface area contributed by atoms with Crippen molar-refractivity contribution in [2.75, 3.05) is 26.2 Å². The molecule has 0 saturated carbocycles. The van der Waals surface area contributed by atoms with Crippen molar-refractivity contribution >= 4 is 0 Å². The van der Waals surface area contributed by atoms with Crippen molar-refractivity contribution < 1.29 is 4.74 Å². The summed E-state index contributed by atoms with van der Waals surface area (Å²) in [6, 6.07) is 17.2. The van der Waals surface area contributed by atoms with Crippen LogP contribution < -0.4 is 4.74 Å². The van der Waals surface area contributed by atoms with Crippen LogP contribution in [0.4, 0.5) is 0 Å². The van der Waals surface area contributed by atoms with Crippen LogP contribution in [-0.2, 0) is 12.8 Å². The van der Waals surface area contributed by atoms with E-state index in [1.165, 1.54) is 42.6 Å². The zero-order valence-electron chi connectivity index (χ0n) is 14.1. The molecule has 2 aromatic carbocycles. The van der Waals surface area contributed by atoms with Crippen LogP contribution >= 0.6 is 0 Å². The zero-order chi connectivity index (χ0) is 15.9. The van der Waals surface area contributed by atoms with Crippen molar-refractivity contribution in [3.8, 4) is 5.75 Å². The molecule has 1 fully saturated rings. The molecule has 0 bridgehead atoms. The van der Waals surface area contributed by atoms with Gasteiger partial charge in [0, 0.05) is 6.54 Å². The fourth-order valence-corrected chi connectivity index (χ4v) is 3.26. The first-order valence-corrected chi connectivity index (χ1v) is 8.80. The van der Waals surface area contributed by atoms with Crippen LogP contribution in [-0.4, -0.2) is 31.1 Å². The number of rotatable bonds is 7. The lowest BCUT2D eigenvalue weighted by Gasteiger charge is -2.17. The maximum Gasteiger partial charge on any atom is 0.122 e. The highest BCUT2D eigenvalue weighted by molar-refractivity contribution is 5.37. The van der Waals surface area contributed by atoms with Crippen LogP contribution in [0.2, 0.25) is 0 Å². The second-order valence-corrected chi connectivity index (χ2v) is 6.49. The summed E-state index contributed by atoms with van der Waals surface area (Å²) in [5, 5.41) is 0. The summed E-state index contributed by atoms with van der Waals surface area (Å²) < 4.78 is 6.10. The third-order valence-electron chi connectivity index (χ3n) is 4.61. The molecule has 3 rings (SSSR count). The Bertz CT molecular complexity index is 602. The molecule has 1 aliphatic heterocycles. The Morgan fingerprint density at radius 1 is 0.957 bits per heavy atom. The van der Waals surface area contributed by atoms with E-state index in [1.54, 1.807) is 0 Å². The summed E-state index contributed by atoms with van der Waals surface area (Å²) in [6.07, 6.45) is 4.78. The number of hydrogen-bond donors (Lipinski definition) is 0. The maximum absolute atomic E-state index is 6.10. The standard InChI is InChI=1S/C21H27NO/c1-18-9-12-21(23-16-15-22-13-5-6-14-22)20(17-18)11-10-19-7-3-2-4-8-19/h2-4,7-9,12,17H,5-6,10-11,13-16H2,1H3. The van der Waals surface area contributed by atoms with Crippen LogP contribution in [0.25, 0.3) is 0 Å². The Morgan fingerprint density at radius 2 is 1.74 bits per heavy atom. The van der Waals surface area contributed by atoms with Gasteiger partial charge in [-0.25, -0.2) is 0 Å². The molecule has 1 saturated heterocycles. The molecular weight excluding hydrogens is 282 g/mol. The largest absolute Gasteiger partial charge is 0.492 e. The maximum atomic E-state index is 6.10. The van der Waals surface area contributed by atoms with Gasteiger partial charge in [0.1, 0.15) is 12.4 Å². The molecule has 1 heterocycles. The molecule has 2 nitrogen and oxygen atoms in total. The lowest BCUT2D eigenvalue weighted by Crippen LogP contribution is -2.25. The number of nitrogens with zero attached hydrogens (tertiary/aromatic N) is 1. The summed E-state index contributed by atoms with van der Waals surface area (Å²) in [6.45, 7) is 6.46. The highest BCUT2D eigenvalue weighted by Gasteiger charge is 2.11. The predicted molar refractivity (Wildman–Crippen MR) is 96.2 cm³/mol. The Hall–Kier alpha value is -1.80. The van der Waals surface area contributed by atoms with E-state index < -0.39 is 0 Å². The average molecular weight is 309 g/mol. The van der Waals surface area contributed by atoms with Gasteiger partial charge in [0.05, 0.1) is 0 Å². The zero-order valence-corrected chi connectivity index (χ0v) is 14.1. The molecule has 1 aliphatic rings. The van der Waals surface area contributed by atoms with Gasteiger partial charge in [-0.15, -0.1) is 0 Å². The van der Waals surface area contributed by atoms with Gasteiger partial charge < -0.3 is 4.74 Å². The Kier molecular flexibility index (Phi) is 5.71. The van der Waals surface area contributed by atoms with Crippen LogP contribution in [0.1, 0.15) is 29.5 Å². The monoisotopic (exact) mass is 309 g/mol. The SMILES string of the molecule is Cc1ccc(OCCN2CCCC2)c(CCc2ccccc2)c1. The molecule has 0 unspecified atom stereocenters. The van der Waals surface area contributed by atoms with Crippen LogP contribution in [0.3, 0.4) is 0 Å². The van der Waals surface area contributed by atoms with Crippen molar-refractivity contribution in [3.63, 3.8) is 0 Å². The molecule has 122 valence electrons. The molecule has 0 radical (unpaired) electrons. The minimum atomic E-state index is 0.793. The first-order chi connectivity index (χ1) is 11.3. The van der Waals surface area contributed by atoms with E-state index >= 15 is 0 Å². The average Bonchev–Trinajstić information content (AvgIpc) is 3.09. The Morgan fingerprint density at radius 3 is 2.52 bits per heavy atom. The number of ether oxygens (including phenoxy) is 1. The van der Waals surface area contributed by atoms with Gasteiger partial charge in [0.2, 0.25) is 0 Å². The molecule has 0 spiro atoms. The summed E-state index contributed by atoms with van der Waals surface area (Å²) in [5.41, 5.74) is 4.02. The second kappa shape index (κ2) is 8.16. The summed E-state index contributed by atoms with van der Waals surface area (Å²) >= 11 is 0. The van der Waals surface area contributed by atoms with Gasteiger partial charge in [-0.05, 0) is 62.9 Å². The van der Waals surface area contributed by atoms with Crippen molar-refractivity contribution in [1.82, 2.24) is 4.90 Å². The van der Waals surface area contributed by atoms with Gasteiger partial charge in [0.15, 0.2) is 0 Å². The smallest absolute Gasteiger partial charge is 0.122 e. The van der Waals surface area contributed by atoms with E-state index in [0.717, 1.165) is 31.7 Å². The molecule has 0 atom stereocenters. The third-order valence-corrected chi connectivity index (χ3v) is 4.61. The first-order valence-electron chi connectivity index (χ1n) is 8.80. The van der Waals surface area contributed by atoms with Gasteiger partial charge in [-0.2, -0.15) is 0 Å². The predicted octanol–water partition coefficient (Wildman–Crippen LogP) is 4.25. The minimum absolute atomic E-state index is 0.793.